The van der Waals surface area contributed by atoms with Gasteiger partial charge in [-0.05, 0) is 29.8 Å². The van der Waals surface area contributed by atoms with E-state index in [4.69, 9.17) is 0 Å². The van der Waals surface area contributed by atoms with Crippen LogP contribution in [0.15, 0.2) is 60.2 Å². The molecule has 1 N–H and O–H groups in total. The Hall–Kier alpha value is -3.15. The molecule has 0 radical (unpaired) electrons. The fourth-order valence-electron chi connectivity index (χ4n) is 1.79. The molecule has 0 saturated carbocycles. The van der Waals surface area contributed by atoms with E-state index >= 15 is 0 Å². The standard InChI is InChI=1S/C15H11N5O/c21-15(12-3-5-16-6-4-12)20-19-10-11-1-2-13-14(9-11)18-8-7-17-13/h1-10H,(H,20,21). The minimum atomic E-state index is -0.283. The number of nitrogens with zero attached hydrogens (tertiary/aromatic N) is 4. The van der Waals surface area contributed by atoms with Crippen molar-refractivity contribution in [2.45, 2.75) is 0 Å². The molecule has 3 rings (SSSR count). The maximum absolute atomic E-state index is 11.8. The molecule has 21 heavy (non-hydrogen) atoms. The molecule has 0 saturated heterocycles. The number of nitrogens with one attached hydrogen (secondary N) is 1. The van der Waals surface area contributed by atoms with Crippen molar-refractivity contribution in [2.75, 3.05) is 0 Å². The van der Waals surface area contributed by atoms with Gasteiger partial charge >= 0.3 is 0 Å². The number of rotatable bonds is 3. The van der Waals surface area contributed by atoms with E-state index in [0.717, 1.165) is 16.6 Å². The lowest BCUT2D eigenvalue weighted by Gasteiger charge is -1.99. The molecule has 1 amide bonds. The van der Waals surface area contributed by atoms with Crippen LogP contribution in [0.3, 0.4) is 0 Å². The molecule has 6 heteroatoms. The number of hydrogen-bond donors (Lipinski definition) is 1. The van der Waals surface area contributed by atoms with Gasteiger partial charge in [0.2, 0.25) is 0 Å². The molecule has 0 aliphatic rings. The maximum atomic E-state index is 11.8. The van der Waals surface area contributed by atoms with Gasteiger partial charge in [-0.1, -0.05) is 6.07 Å². The fraction of sp³-hybridized carbons (Fsp3) is 0. The Morgan fingerprint density at radius 2 is 1.76 bits per heavy atom. The lowest BCUT2D eigenvalue weighted by atomic mass is 10.2. The van der Waals surface area contributed by atoms with Crippen LogP contribution in [0.5, 0.6) is 0 Å². The van der Waals surface area contributed by atoms with Crippen LogP contribution in [-0.4, -0.2) is 27.1 Å². The van der Waals surface area contributed by atoms with Gasteiger partial charge in [0, 0.05) is 30.4 Å². The van der Waals surface area contributed by atoms with Gasteiger partial charge in [-0.2, -0.15) is 5.10 Å². The topological polar surface area (TPSA) is 80.1 Å². The van der Waals surface area contributed by atoms with Crippen LogP contribution in [0.25, 0.3) is 11.0 Å². The second-order valence-corrected chi connectivity index (χ2v) is 4.24. The van der Waals surface area contributed by atoms with E-state index in [1.54, 1.807) is 43.1 Å². The first-order chi connectivity index (χ1) is 10.3. The largest absolute Gasteiger partial charge is 0.271 e. The normalized spacial score (nSPS) is 10.9. The van der Waals surface area contributed by atoms with Crippen LogP contribution in [-0.2, 0) is 0 Å². The first-order valence-electron chi connectivity index (χ1n) is 6.27. The zero-order valence-corrected chi connectivity index (χ0v) is 11.0. The molecule has 2 heterocycles. The van der Waals surface area contributed by atoms with Gasteiger partial charge in [0.1, 0.15) is 0 Å². The molecule has 0 fully saturated rings. The van der Waals surface area contributed by atoms with Crippen LogP contribution in [0.4, 0.5) is 0 Å². The Balaban J connectivity index is 1.71. The second-order valence-electron chi connectivity index (χ2n) is 4.24. The molecule has 0 spiro atoms. The van der Waals surface area contributed by atoms with Gasteiger partial charge < -0.3 is 0 Å². The highest BCUT2D eigenvalue weighted by Gasteiger charge is 2.02. The summed E-state index contributed by atoms with van der Waals surface area (Å²) < 4.78 is 0. The lowest BCUT2D eigenvalue weighted by Crippen LogP contribution is -2.17. The predicted molar refractivity (Wildman–Crippen MR) is 78.8 cm³/mol. The third-order valence-electron chi connectivity index (χ3n) is 2.82. The van der Waals surface area contributed by atoms with Crippen LogP contribution >= 0.6 is 0 Å². The third-order valence-corrected chi connectivity index (χ3v) is 2.82. The van der Waals surface area contributed by atoms with Gasteiger partial charge in [-0.3, -0.25) is 19.7 Å². The van der Waals surface area contributed by atoms with Gasteiger partial charge in [0.15, 0.2) is 0 Å². The van der Waals surface area contributed by atoms with Crippen LogP contribution in [0.2, 0.25) is 0 Å². The number of aromatic nitrogens is 3. The van der Waals surface area contributed by atoms with Crippen LogP contribution in [0.1, 0.15) is 15.9 Å². The molecular weight excluding hydrogens is 266 g/mol. The lowest BCUT2D eigenvalue weighted by molar-refractivity contribution is 0.0955. The fourth-order valence-corrected chi connectivity index (χ4v) is 1.79. The average Bonchev–Trinajstić information content (AvgIpc) is 2.55. The molecule has 0 aliphatic carbocycles. The summed E-state index contributed by atoms with van der Waals surface area (Å²) in [6, 6.07) is 8.81. The van der Waals surface area contributed by atoms with Crippen LogP contribution in [0, 0.1) is 0 Å². The first kappa shape index (κ1) is 12.9. The van der Waals surface area contributed by atoms with E-state index in [1.807, 2.05) is 18.2 Å². The summed E-state index contributed by atoms with van der Waals surface area (Å²) in [4.78, 5) is 24.0. The van der Waals surface area contributed by atoms with E-state index < -0.39 is 0 Å². The summed E-state index contributed by atoms with van der Waals surface area (Å²) in [5.74, 6) is -0.283. The van der Waals surface area contributed by atoms with Crippen molar-refractivity contribution in [1.82, 2.24) is 20.4 Å². The van der Waals surface area contributed by atoms with Gasteiger partial charge in [-0.15, -0.1) is 0 Å². The minimum Gasteiger partial charge on any atom is -0.267 e. The number of hydrazone groups is 1. The number of fused-ring (bicyclic) bond motifs is 1. The Labute approximate surface area is 120 Å². The summed E-state index contributed by atoms with van der Waals surface area (Å²) in [5.41, 5.74) is 5.39. The zero-order chi connectivity index (χ0) is 14.5. The molecule has 1 aromatic carbocycles. The first-order valence-corrected chi connectivity index (χ1v) is 6.27. The maximum Gasteiger partial charge on any atom is 0.271 e. The van der Waals surface area contributed by atoms with Crippen molar-refractivity contribution < 1.29 is 4.79 Å². The summed E-state index contributed by atoms with van der Waals surface area (Å²) in [6.45, 7) is 0. The molecule has 0 aliphatic heterocycles. The van der Waals surface area contributed by atoms with Gasteiger partial charge in [0.25, 0.3) is 5.91 Å². The SMILES string of the molecule is O=C(NN=Cc1ccc2nccnc2c1)c1ccncc1. The summed E-state index contributed by atoms with van der Waals surface area (Å²) >= 11 is 0. The Morgan fingerprint density at radius 1 is 1.00 bits per heavy atom. The molecule has 2 aromatic heterocycles. The molecule has 0 atom stereocenters. The number of carbonyl (C=O) groups is 1. The second kappa shape index (κ2) is 5.87. The molecule has 102 valence electrons. The number of benzene rings is 1. The quantitative estimate of drug-likeness (QED) is 0.584. The summed E-state index contributed by atoms with van der Waals surface area (Å²) in [7, 11) is 0. The Kier molecular flexibility index (Phi) is 3.60. The van der Waals surface area contributed by atoms with Crippen molar-refractivity contribution in [3.63, 3.8) is 0 Å². The number of amides is 1. The van der Waals surface area contributed by atoms with Crippen molar-refractivity contribution in [1.29, 1.82) is 0 Å². The van der Waals surface area contributed by atoms with Crippen molar-refractivity contribution in [2.24, 2.45) is 5.10 Å². The molecule has 0 unspecified atom stereocenters. The molecule has 0 bridgehead atoms. The summed E-state index contributed by atoms with van der Waals surface area (Å²) in [6.07, 6.45) is 7.95. The monoisotopic (exact) mass is 277 g/mol. The highest BCUT2D eigenvalue weighted by atomic mass is 16.2. The Morgan fingerprint density at radius 3 is 2.57 bits per heavy atom. The van der Waals surface area contributed by atoms with E-state index in [-0.39, 0.29) is 5.91 Å². The van der Waals surface area contributed by atoms with Crippen molar-refractivity contribution in [3.05, 3.63) is 66.2 Å². The van der Waals surface area contributed by atoms with E-state index in [2.05, 4.69) is 25.5 Å². The van der Waals surface area contributed by atoms with Crippen molar-refractivity contribution in [3.8, 4) is 0 Å². The smallest absolute Gasteiger partial charge is 0.267 e. The summed E-state index contributed by atoms with van der Waals surface area (Å²) in [5, 5.41) is 3.93. The molecule has 6 nitrogen and oxygen atoms in total. The number of hydrogen-bond acceptors (Lipinski definition) is 5. The number of pyridine rings is 1. The predicted octanol–water partition coefficient (Wildman–Crippen LogP) is 1.79. The van der Waals surface area contributed by atoms with Gasteiger partial charge in [-0.25, -0.2) is 5.43 Å². The molecule has 3 aromatic rings. The highest BCUT2D eigenvalue weighted by Crippen LogP contribution is 2.09. The number of carbonyl (C=O) groups excluding carboxylic acids is 1. The average molecular weight is 277 g/mol. The van der Waals surface area contributed by atoms with Crippen molar-refractivity contribution >= 4 is 23.2 Å². The minimum absolute atomic E-state index is 0.283. The van der Waals surface area contributed by atoms with Gasteiger partial charge in [0.05, 0.1) is 17.2 Å². The zero-order valence-electron chi connectivity index (χ0n) is 11.0. The van der Waals surface area contributed by atoms with Crippen LogP contribution < -0.4 is 5.43 Å². The highest BCUT2D eigenvalue weighted by molar-refractivity contribution is 5.95. The van der Waals surface area contributed by atoms with E-state index in [1.165, 1.54) is 0 Å². The van der Waals surface area contributed by atoms with E-state index in [9.17, 15) is 4.79 Å². The Bertz CT molecular complexity index is 801. The molecular formula is C15H11N5O. The third kappa shape index (κ3) is 3.06. The van der Waals surface area contributed by atoms with E-state index in [0.29, 0.717) is 5.56 Å².